The highest BCUT2D eigenvalue weighted by Crippen LogP contribution is 2.41. The van der Waals surface area contributed by atoms with E-state index >= 15 is 0 Å². The van der Waals surface area contributed by atoms with Crippen LogP contribution in [-0.2, 0) is 6.18 Å². The van der Waals surface area contributed by atoms with Gasteiger partial charge in [-0.15, -0.1) is 0 Å². The van der Waals surface area contributed by atoms with E-state index in [1.165, 1.54) is 22.1 Å². The van der Waals surface area contributed by atoms with E-state index < -0.39 is 11.7 Å². The summed E-state index contributed by atoms with van der Waals surface area (Å²) in [7, 11) is 0. The van der Waals surface area contributed by atoms with E-state index in [2.05, 4.69) is 62.7 Å². The van der Waals surface area contributed by atoms with Gasteiger partial charge in [0.05, 0.1) is 5.56 Å². The SMILES string of the molecule is FC(F)(F)c1ccc(N2CC3CN(Sc4ccccc4-c4ccccc4)CC3C2)nc1. The van der Waals surface area contributed by atoms with Gasteiger partial charge in [0.25, 0.3) is 0 Å². The van der Waals surface area contributed by atoms with Crippen LogP contribution in [0, 0.1) is 11.8 Å². The maximum absolute atomic E-state index is 12.8. The fourth-order valence-corrected chi connectivity index (χ4v) is 5.73. The molecule has 2 aromatic carbocycles. The van der Waals surface area contributed by atoms with Crippen molar-refractivity contribution in [1.82, 2.24) is 9.29 Å². The summed E-state index contributed by atoms with van der Waals surface area (Å²) in [5.74, 6) is 1.64. The first-order chi connectivity index (χ1) is 15.0. The van der Waals surface area contributed by atoms with Gasteiger partial charge in [-0.2, -0.15) is 13.2 Å². The number of halogens is 3. The Morgan fingerprint density at radius 1 is 0.806 bits per heavy atom. The maximum Gasteiger partial charge on any atom is 0.417 e. The van der Waals surface area contributed by atoms with Crippen molar-refractivity contribution in [3.63, 3.8) is 0 Å². The molecule has 7 heteroatoms. The molecule has 2 unspecified atom stereocenters. The minimum absolute atomic E-state index is 0.500. The number of pyridine rings is 1. The van der Waals surface area contributed by atoms with Crippen LogP contribution < -0.4 is 4.90 Å². The Balaban J connectivity index is 1.24. The lowest BCUT2D eigenvalue weighted by molar-refractivity contribution is -0.137. The largest absolute Gasteiger partial charge is 0.417 e. The Bertz CT molecular complexity index is 1030. The van der Waals surface area contributed by atoms with Crippen LogP contribution in [-0.4, -0.2) is 35.5 Å². The van der Waals surface area contributed by atoms with Gasteiger partial charge in [-0.25, -0.2) is 9.29 Å². The van der Waals surface area contributed by atoms with E-state index in [0.29, 0.717) is 17.7 Å². The Hall–Kier alpha value is -2.51. The monoisotopic (exact) mass is 441 g/mol. The zero-order valence-electron chi connectivity index (χ0n) is 16.8. The second-order valence-electron chi connectivity index (χ2n) is 8.13. The number of nitrogens with zero attached hydrogens (tertiary/aromatic N) is 3. The second-order valence-corrected chi connectivity index (χ2v) is 9.27. The lowest BCUT2D eigenvalue weighted by Crippen LogP contribution is -2.26. The van der Waals surface area contributed by atoms with E-state index in [-0.39, 0.29) is 0 Å². The minimum atomic E-state index is -4.35. The molecule has 0 radical (unpaired) electrons. The van der Waals surface area contributed by atoms with Gasteiger partial charge in [0.2, 0.25) is 0 Å². The molecule has 3 nitrogen and oxygen atoms in total. The molecule has 0 amide bonds. The van der Waals surface area contributed by atoms with Crippen molar-refractivity contribution in [2.24, 2.45) is 11.8 Å². The Labute approximate surface area is 184 Å². The normalized spacial score (nSPS) is 21.5. The van der Waals surface area contributed by atoms with E-state index in [1.807, 2.05) is 6.07 Å². The summed E-state index contributed by atoms with van der Waals surface area (Å²) in [5.41, 5.74) is 1.75. The third-order valence-electron chi connectivity index (χ3n) is 6.05. The topological polar surface area (TPSA) is 19.4 Å². The zero-order chi connectivity index (χ0) is 21.4. The Morgan fingerprint density at radius 3 is 2.13 bits per heavy atom. The van der Waals surface area contributed by atoms with Crippen LogP contribution in [0.4, 0.5) is 19.0 Å². The summed E-state index contributed by atoms with van der Waals surface area (Å²) < 4.78 is 40.8. The van der Waals surface area contributed by atoms with Gasteiger partial charge >= 0.3 is 6.18 Å². The third kappa shape index (κ3) is 4.29. The molecular weight excluding hydrogens is 419 g/mol. The molecule has 0 N–H and O–H groups in total. The summed E-state index contributed by atoms with van der Waals surface area (Å²) in [4.78, 5) is 7.44. The van der Waals surface area contributed by atoms with Crippen LogP contribution in [0.25, 0.3) is 11.1 Å². The lowest BCUT2D eigenvalue weighted by Gasteiger charge is -2.22. The average Bonchev–Trinajstić information content (AvgIpc) is 3.33. The molecule has 160 valence electrons. The molecule has 2 atom stereocenters. The van der Waals surface area contributed by atoms with Crippen molar-refractivity contribution in [2.75, 3.05) is 31.1 Å². The van der Waals surface area contributed by atoms with E-state index in [9.17, 15) is 13.2 Å². The van der Waals surface area contributed by atoms with Crippen molar-refractivity contribution >= 4 is 17.8 Å². The van der Waals surface area contributed by atoms with E-state index in [0.717, 1.165) is 38.4 Å². The van der Waals surface area contributed by atoms with Gasteiger partial charge in [-0.05, 0) is 53.1 Å². The lowest BCUT2D eigenvalue weighted by atomic mass is 10.0. The fourth-order valence-electron chi connectivity index (χ4n) is 4.49. The number of alkyl halides is 3. The summed E-state index contributed by atoms with van der Waals surface area (Å²) in [6.45, 7) is 3.60. The number of hydrogen-bond acceptors (Lipinski definition) is 4. The first kappa shape index (κ1) is 20.4. The number of fused-ring (bicyclic) bond motifs is 1. The summed E-state index contributed by atoms with van der Waals surface area (Å²) in [5, 5.41) is 0. The van der Waals surface area contributed by atoms with Gasteiger partial charge in [-0.3, -0.25) is 0 Å². The van der Waals surface area contributed by atoms with Crippen LogP contribution in [0.2, 0.25) is 0 Å². The molecule has 0 aliphatic carbocycles. The number of hydrogen-bond donors (Lipinski definition) is 0. The molecule has 1 aromatic heterocycles. The first-order valence-corrected chi connectivity index (χ1v) is 11.1. The van der Waals surface area contributed by atoms with Gasteiger partial charge in [0.1, 0.15) is 5.82 Å². The predicted octanol–water partition coefficient (Wildman–Crippen LogP) is 5.84. The first-order valence-electron chi connectivity index (χ1n) is 10.3. The third-order valence-corrected chi connectivity index (χ3v) is 7.16. The number of aromatic nitrogens is 1. The van der Waals surface area contributed by atoms with Crippen molar-refractivity contribution in [3.05, 3.63) is 78.5 Å². The molecule has 0 saturated carbocycles. The average molecular weight is 442 g/mol. The number of anilines is 1. The zero-order valence-corrected chi connectivity index (χ0v) is 17.6. The Morgan fingerprint density at radius 2 is 1.48 bits per heavy atom. The standard InChI is InChI=1S/C24H22F3N3S/c25-24(26,27)20-10-11-23(28-12-20)29-13-18-15-30(16-19(18)14-29)31-22-9-5-4-8-21(22)17-6-2-1-3-7-17/h1-12,18-19H,13-16H2. The molecule has 3 aromatic rings. The van der Waals surface area contributed by atoms with Crippen LogP contribution >= 0.6 is 11.9 Å². The molecular formula is C24H22F3N3S. The van der Waals surface area contributed by atoms with Crippen molar-refractivity contribution in [2.45, 2.75) is 11.1 Å². The van der Waals surface area contributed by atoms with Crippen molar-refractivity contribution in [1.29, 1.82) is 0 Å². The Kier molecular flexibility index (Phi) is 5.40. The summed E-state index contributed by atoms with van der Waals surface area (Å²) in [6.07, 6.45) is -3.41. The number of rotatable bonds is 4. The quantitative estimate of drug-likeness (QED) is 0.474. The summed E-state index contributed by atoms with van der Waals surface area (Å²) >= 11 is 1.81. The summed E-state index contributed by atoms with van der Waals surface area (Å²) in [6, 6.07) is 21.5. The highest BCUT2D eigenvalue weighted by atomic mass is 32.2. The molecule has 0 bridgehead atoms. The van der Waals surface area contributed by atoms with E-state index in [4.69, 9.17) is 0 Å². The van der Waals surface area contributed by atoms with Crippen LogP contribution in [0.15, 0.2) is 77.8 Å². The number of benzene rings is 2. The van der Waals surface area contributed by atoms with Crippen molar-refractivity contribution < 1.29 is 13.2 Å². The molecule has 31 heavy (non-hydrogen) atoms. The van der Waals surface area contributed by atoms with Crippen LogP contribution in [0.3, 0.4) is 0 Å². The molecule has 2 saturated heterocycles. The van der Waals surface area contributed by atoms with Gasteiger partial charge in [-0.1, -0.05) is 48.5 Å². The molecule has 2 aliphatic rings. The van der Waals surface area contributed by atoms with Crippen LogP contribution in [0.1, 0.15) is 5.56 Å². The van der Waals surface area contributed by atoms with Gasteiger partial charge in [0.15, 0.2) is 0 Å². The maximum atomic E-state index is 12.8. The highest BCUT2D eigenvalue weighted by molar-refractivity contribution is 7.97. The second kappa shape index (κ2) is 8.20. The molecule has 5 rings (SSSR count). The van der Waals surface area contributed by atoms with Gasteiger partial charge < -0.3 is 4.90 Å². The van der Waals surface area contributed by atoms with Gasteiger partial charge in [0, 0.05) is 37.3 Å². The fraction of sp³-hybridized carbons (Fsp3) is 0.292. The predicted molar refractivity (Wildman–Crippen MR) is 118 cm³/mol. The van der Waals surface area contributed by atoms with Crippen molar-refractivity contribution in [3.8, 4) is 11.1 Å². The molecule has 3 heterocycles. The minimum Gasteiger partial charge on any atom is -0.356 e. The molecule has 2 fully saturated rings. The smallest absolute Gasteiger partial charge is 0.356 e. The van der Waals surface area contributed by atoms with Crippen LogP contribution in [0.5, 0.6) is 0 Å². The molecule has 0 spiro atoms. The van der Waals surface area contributed by atoms with E-state index in [1.54, 1.807) is 11.9 Å². The highest BCUT2D eigenvalue weighted by Gasteiger charge is 2.41. The molecule has 2 aliphatic heterocycles.